The third-order valence-electron chi connectivity index (χ3n) is 2.45. The van der Waals surface area contributed by atoms with Gasteiger partial charge in [-0.25, -0.2) is 4.79 Å². The van der Waals surface area contributed by atoms with Crippen LogP contribution in [-0.2, 0) is 4.79 Å². The van der Waals surface area contributed by atoms with Crippen molar-refractivity contribution in [2.24, 2.45) is 0 Å². The lowest BCUT2D eigenvalue weighted by molar-refractivity contribution is -0.147. The van der Waals surface area contributed by atoms with Crippen LogP contribution in [0, 0.1) is 6.92 Å². The Morgan fingerprint density at radius 1 is 1.33 bits per heavy atom. The van der Waals surface area contributed by atoms with Crippen molar-refractivity contribution < 1.29 is 15.0 Å². The second-order valence-electron chi connectivity index (χ2n) is 3.99. The first-order valence-corrected chi connectivity index (χ1v) is 6.60. The molecule has 0 fully saturated rings. The van der Waals surface area contributed by atoms with Crippen molar-refractivity contribution in [3.05, 3.63) is 35.4 Å². The molecule has 102 valence electrons. The molecular formula is C14H21ClO3. The zero-order valence-electron chi connectivity index (χ0n) is 10.9. The second-order valence-corrected chi connectivity index (χ2v) is 4.37. The van der Waals surface area contributed by atoms with Gasteiger partial charge in [0.15, 0.2) is 6.10 Å². The minimum absolute atomic E-state index is 0.449. The zero-order valence-corrected chi connectivity index (χ0v) is 11.7. The van der Waals surface area contributed by atoms with Gasteiger partial charge in [0.25, 0.3) is 0 Å². The second kappa shape index (κ2) is 9.92. The Bertz CT molecular complexity index is 349. The van der Waals surface area contributed by atoms with E-state index < -0.39 is 12.1 Å². The van der Waals surface area contributed by atoms with Crippen LogP contribution in [0.5, 0.6) is 0 Å². The highest BCUT2D eigenvalue weighted by molar-refractivity contribution is 6.17. The highest BCUT2D eigenvalue weighted by Crippen LogP contribution is 2.16. The summed E-state index contributed by atoms with van der Waals surface area (Å²) in [4.78, 5) is 10.4. The van der Waals surface area contributed by atoms with E-state index in [-0.39, 0.29) is 0 Å². The van der Waals surface area contributed by atoms with E-state index in [4.69, 9.17) is 16.7 Å². The Balaban J connectivity index is 0.000000411. The number of aliphatic hydroxyl groups is 1. The Labute approximate surface area is 113 Å². The molecule has 0 radical (unpaired) electrons. The van der Waals surface area contributed by atoms with Crippen molar-refractivity contribution in [2.75, 3.05) is 5.88 Å². The molecule has 0 heterocycles. The number of carboxylic acids is 1. The fraction of sp³-hybridized carbons (Fsp3) is 0.500. The van der Waals surface area contributed by atoms with Crippen LogP contribution in [0.25, 0.3) is 0 Å². The summed E-state index contributed by atoms with van der Waals surface area (Å²) in [7, 11) is 0. The maximum atomic E-state index is 10.4. The van der Waals surface area contributed by atoms with Gasteiger partial charge in [-0.2, -0.15) is 0 Å². The minimum Gasteiger partial charge on any atom is -0.479 e. The Hall–Kier alpha value is -1.06. The van der Waals surface area contributed by atoms with E-state index in [1.807, 2.05) is 0 Å². The normalized spacial score (nSPS) is 11.3. The summed E-state index contributed by atoms with van der Waals surface area (Å²) in [5, 5.41) is 17.7. The van der Waals surface area contributed by atoms with Gasteiger partial charge < -0.3 is 10.2 Å². The molecule has 0 saturated heterocycles. The van der Waals surface area contributed by atoms with Crippen LogP contribution in [0.4, 0.5) is 0 Å². The van der Waals surface area contributed by atoms with E-state index >= 15 is 0 Å². The first-order valence-electron chi connectivity index (χ1n) is 6.06. The highest BCUT2D eigenvalue weighted by atomic mass is 35.5. The topological polar surface area (TPSA) is 57.5 Å². The number of halogens is 1. The molecule has 0 amide bonds. The number of aryl methyl sites for hydroxylation is 1. The quantitative estimate of drug-likeness (QED) is 0.637. The first-order chi connectivity index (χ1) is 8.54. The van der Waals surface area contributed by atoms with Gasteiger partial charge in [0, 0.05) is 5.88 Å². The lowest BCUT2D eigenvalue weighted by Crippen LogP contribution is -2.11. The van der Waals surface area contributed by atoms with Crippen LogP contribution in [0.15, 0.2) is 24.3 Å². The number of aliphatic carboxylic acids is 1. The molecule has 0 saturated carbocycles. The molecule has 1 unspecified atom stereocenters. The average molecular weight is 273 g/mol. The first kappa shape index (κ1) is 16.9. The summed E-state index contributed by atoms with van der Waals surface area (Å²) >= 11 is 5.38. The Morgan fingerprint density at radius 3 is 2.33 bits per heavy atom. The van der Waals surface area contributed by atoms with Gasteiger partial charge >= 0.3 is 5.97 Å². The summed E-state index contributed by atoms with van der Waals surface area (Å²) in [6, 6.07) is 6.87. The van der Waals surface area contributed by atoms with E-state index in [0.29, 0.717) is 5.56 Å². The smallest absolute Gasteiger partial charge is 0.337 e. The summed E-state index contributed by atoms with van der Waals surface area (Å²) in [6.07, 6.45) is 2.32. The van der Waals surface area contributed by atoms with Gasteiger partial charge in [-0.3, -0.25) is 0 Å². The summed E-state index contributed by atoms with van der Waals surface area (Å²) in [6.45, 7) is 3.94. The maximum absolute atomic E-state index is 10.4. The predicted octanol–water partition coefficient (Wildman–Crippen LogP) is 3.53. The van der Waals surface area contributed by atoms with E-state index in [1.165, 1.54) is 19.3 Å². The number of rotatable bonds is 5. The van der Waals surface area contributed by atoms with Crippen LogP contribution in [0.2, 0.25) is 0 Å². The number of carboxylic acid groups (broad SMARTS) is 1. The lowest BCUT2D eigenvalue weighted by Gasteiger charge is -2.07. The number of alkyl halides is 1. The minimum atomic E-state index is -1.41. The molecule has 0 aliphatic rings. The molecule has 3 nitrogen and oxygen atoms in total. The van der Waals surface area contributed by atoms with Crippen LogP contribution in [-0.4, -0.2) is 22.1 Å². The SMILES string of the molecule is CCCCCCl.Cc1ccccc1C(O)C(=O)O. The van der Waals surface area contributed by atoms with Crippen molar-refractivity contribution in [3.63, 3.8) is 0 Å². The highest BCUT2D eigenvalue weighted by Gasteiger charge is 2.16. The summed E-state index contributed by atoms with van der Waals surface area (Å²) in [5.74, 6) is -0.391. The van der Waals surface area contributed by atoms with E-state index in [0.717, 1.165) is 11.4 Å². The molecule has 1 aromatic carbocycles. The third-order valence-corrected chi connectivity index (χ3v) is 2.72. The molecule has 1 atom stereocenters. The van der Waals surface area contributed by atoms with Crippen molar-refractivity contribution in [3.8, 4) is 0 Å². The predicted molar refractivity (Wildman–Crippen MR) is 74.0 cm³/mol. The molecule has 0 aliphatic carbocycles. The standard InChI is InChI=1S/C9H10O3.C5H11Cl/c1-6-4-2-3-5-7(6)8(10)9(11)12;1-2-3-4-5-6/h2-5,8,10H,1H3,(H,11,12);2-5H2,1H3. The molecule has 2 N–H and O–H groups in total. The van der Waals surface area contributed by atoms with Crippen LogP contribution >= 0.6 is 11.6 Å². The van der Waals surface area contributed by atoms with Crippen molar-refractivity contribution >= 4 is 17.6 Å². The number of hydrogen-bond donors (Lipinski definition) is 2. The number of benzene rings is 1. The molecule has 18 heavy (non-hydrogen) atoms. The average Bonchev–Trinajstić information content (AvgIpc) is 2.36. The van der Waals surface area contributed by atoms with Gasteiger partial charge in [0.05, 0.1) is 0 Å². The van der Waals surface area contributed by atoms with Crippen molar-refractivity contribution in [1.82, 2.24) is 0 Å². The molecule has 4 heteroatoms. The Morgan fingerprint density at radius 2 is 1.94 bits per heavy atom. The Kier molecular flexibility index (Phi) is 9.33. The van der Waals surface area contributed by atoms with Crippen LogP contribution in [0.3, 0.4) is 0 Å². The zero-order chi connectivity index (χ0) is 14.0. The molecular weight excluding hydrogens is 252 g/mol. The van der Waals surface area contributed by atoms with E-state index in [2.05, 4.69) is 6.92 Å². The fourth-order valence-corrected chi connectivity index (χ4v) is 1.56. The number of hydrogen-bond acceptors (Lipinski definition) is 2. The monoisotopic (exact) mass is 272 g/mol. The van der Waals surface area contributed by atoms with E-state index in [9.17, 15) is 9.90 Å². The molecule has 0 aromatic heterocycles. The third kappa shape index (κ3) is 6.62. The number of unbranched alkanes of at least 4 members (excludes halogenated alkanes) is 2. The largest absolute Gasteiger partial charge is 0.479 e. The molecule has 0 bridgehead atoms. The summed E-state index contributed by atoms with van der Waals surface area (Å²) in [5.41, 5.74) is 1.23. The van der Waals surface area contributed by atoms with Gasteiger partial charge in [0.1, 0.15) is 0 Å². The fourth-order valence-electron chi connectivity index (χ4n) is 1.37. The molecule has 0 spiro atoms. The van der Waals surface area contributed by atoms with Gasteiger partial charge in [0.2, 0.25) is 0 Å². The van der Waals surface area contributed by atoms with Crippen molar-refractivity contribution in [2.45, 2.75) is 39.2 Å². The number of carbonyl (C=O) groups is 1. The number of aliphatic hydroxyl groups excluding tert-OH is 1. The van der Waals surface area contributed by atoms with Crippen molar-refractivity contribution in [1.29, 1.82) is 0 Å². The molecule has 1 rings (SSSR count). The van der Waals surface area contributed by atoms with Crippen LogP contribution < -0.4 is 0 Å². The van der Waals surface area contributed by atoms with Gasteiger partial charge in [-0.1, -0.05) is 44.0 Å². The lowest BCUT2D eigenvalue weighted by atomic mass is 10.0. The summed E-state index contributed by atoms with van der Waals surface area (Å²) < 4.78 is 0. The molecule has 0 aliphatic heterocycles. The van der Waals surface area contributed by atoms with E-state index in [1.54, 1.807) is 31.2 Å². The van der Waals surface area contributed by atoms with Gasteiger partial charge in [-0.15, -0.1) is 11.6 Å². The van der Waals surface area contributed by atoms with Crippen LogP contribution in [0.1, 0.15) is 43.4 Å². The molecule has 1 aromatic rings. The van der Waals surface area contributed by atoms with Gasteiger partial charge in [-0.05, 0) is 24.5 Å². The maximum Gasteiger partial charge on any atom is 0.337 e.